The van der Waals surface area contributed by atoms with E-state index < -0.39 is 10.0 Å². The molecule has 1 aromatic rings. The fourth-order valence-electron chi connectivity index (χ4n) is 4.23. The van der Waals surface area contributed by atoms with Crippen molar-refractivity contribution in [3.05, 3.63) is 24.3 Å². The molecule has 1 amide bonds. The lowest BCUT2D eigenvalue weighted by atomic mass is 9.84. The second-order valence-corrected chi connectivity index (χ2v) is 8.67. The molecule has 23 heavy (non-hydrogen) atoms. The molecule has 0 radical (unpaired) electrons. The van der Waals surface area contributed by atoms with E-state index in [4.69, 9.17) is 0 Å². The zero-order chi connectivity index (χ0) is 16.6. The maximum Gasteiger partial charge on any atom is 0.240 e. The van der Waals surface area contributed by atoms with Gasteiger partial charge in [-0.2, -0.15) is 0 Å². The van der Waals surface area contributed by atoms with Gasteiger partial charge in [-0.1, -0.05) is 6.42 Å². The van der Waals surface area contributed by atoms with E-state index in [9.17, 15) is 13.2 Å². The van der Waals surface area contributed by atoms with Crippen molar-refractivity contribution in [2.45, 2.75) is 50.5 Å². The summed E-state index contributed by atoms with van der Waals surface area (Å²) in [5, 5.41) is 2.63. The first-order valence-corrected chi connectivity index (χ1v) is 9.73. The van der Waals surface area contributed by atoms with Crippen molar-refractivity contribution in [1.29, 1.82) is 0 Å². The Kier molecular flexibility index (Phi) is 4.47. The summed E-state index contributed by atoms with van der Waals surface area (Å²) in [6.45, 7) is 3.40. The Morgan fingerprint density at radius 3 is 2.39 bits per heavy atom. The van der Waals surface area contributed by atoms with Gasteiger partial charge in [0, 0.05) is 18.7 Å². The summed E-state index contributed by atoms with van der Waals surface area (Å²) < 4.78 is 27.9. The van der Waals surface area contributed by atoms with Crippen LogP contribution in [0, 0.1) is 17.8 Å². The molecule has 0 spiro atoms. The van der Waals surface area contributed by atoms with Gasteiger partial charge in [0.2, 0.25) is 15.9 Å². The summed E-state index contributed by atoms with van der Waals surface area (Å²) in [5.41, 5.74) is 0.595. The number of hydrogen-bond donors (Lipinski definition) is 2. The van der Waals surface area contributed by atoms with E-state index in [1.165, 1.54) is 38.3 Å². The summed E-state index contributed by atoms with van der Waals surface area (Å²) in [6.07, 6.45) is 4.97. The van der Waals surface area contributed by atoms with Crippen molar-refractivity contribution >= 4 is 21.6 Å². The van der Waals surface area contributed by atoms with Crippen LogP contribution in [-0.2, 0) is 14.8 Å². The molecule has 126 valence electrons. The van der Waals surface area contributed by atoms with E-state index in [0.717, 1.165) is 12.3 Å². The predicted octanol–water partition coefficient (Wildman–Crippen LogP) is 2.75. The van der Waals surface area contributed by atoms with Gasteiger partial charge in [-0.15, -0.1) is 0 Å². The minimum Gasteiger partial charge on any atom is -0.326 e. The SMILES string of the molecule is CC(=O)Nc1ccc(S(=O)(=O)NC(C)C2CC3CCC2C3)cc1. The molecule has 5 nitrogen and oxygen atoms in total. The number of carbonyl (C=O) groups excluding carboxylic acids is 1. The highest BCUT2D eigenvalue weighted by Gasteiger charge is 2.42. The van der Waals surface area contributed by atoms with Gasteiger partial charge in [-0.25, -0.2) is 13.1 Å². The van der Waals surface area contributed by atoms with E-state index >= 15 is 0 Å². The number of fused-ring (bicyclic) bond motifs is 2. The number of amides is 1. The van der Waals surface area contributed by atoms with Gasteiger partial charge < -0.3 is 5.32 Å². The van der Waals surface area contributed by atoms with Crippen LogP contribution >= 0.6 is 0 Å². The Morgan fingerprint density at radius 2 is 1.87 bits per heavy atom. The zero-order valence-electron chi connectivity index (χ0n) is 13.6. The third-order valence-corrected chi connectivity index (χ3v) is 6.84. The van der Waals surface area contributed by atoms with Crippen LogP contribution in [0.15, 0.2) is 29.2 Å². The van der Waals surface area contributed by atoms with Gasteiger partial charge in [0.15, 0.2) is 0 Å². The van der Waals surface area contributed by atoms with Crippen molar-refractivity contribution in [1.82, 2.24) is 4.72 Å². The standard InChI is InChI=1S/C17H24N2O3S/c1-11(17-10-13-3-4-14(17)9-13)19-23(21,22)16-7-5-15(6-8-16)18-12(2)20/h5-8,11,13-14,17,19H,3-4,9-10H2,1-2H3,(H,18,20). The second-order valence-electron chi connectivity index (χ2n) is 6.95. The highest BCUT2D eigenvalue weighted by molar-refractivity contribution is 7.89. The molecular formula is C17H24N2O3S. The van der Waals surface area contributed by atoms with Crippen LogP contribution in [0.1, 0.15) is 39.5 Å². The van der Waals surface area contributed by atoms with Crippen molar-refractivity contribution in [2.75, 3.05) is 5.32 Å². The molecule has 1 aromatic carbocycles. The molecule has 2 aliphatic rings. The van der Waals surface area contributed by atoms with Gasteiger partial charge in [0.05, 0.1) is 4.90 Å². The van der Waals surface area contributed by atoms with Crippen LogP contribution in [0.2, 0.25) is 0 Å². The molecule has 0 aromatic heterocycles. The fourth-order valence-corrected chi connectivity index (χ4v) is 5.52. The number of benzene rings is 1. The molecule has 6 heteroatoms. The summed E-state index contributed by atoms with van der Waals surface area (Å²) in [4.78, 5) is 11.2. The van der Waals surface area contributed by atoms with Gasteiger partial charge in [-0.3, -0.25) is 4.79 Å². The third-order valence-electron chi connectivity index (χ3n) is 5.26. The van der Waals surface area contributed by atoms with Crippen LogP contribution in [0.3, 0.4) is 0 Å². The summed E-state index contributed by atoms with van der Waals surface area (Å²) in [6, 6.07) is 6.24. The van der Waals surface area contributed by atoms with Crippen molar-refractivity contribution in [2.24, 2.45) is 17.8 Å². The first kappa shape index (κ1) is 16.5. The average molecular weight is 336 g/mol. The van der Waals surface area contributed by atoms with E-state index in [2.05, 4.69) is 10.0 Å². The lowest BCUT2D eigenvalue weighted by Crippen LogP contribution is -2.40. The minimum atomic E-state index is -3.52. The lowest BCUT2D eigenvalue weighted by molar-refractivity contribution is -0.114. The number of rotatable bonds is 5. The number of sulfonamides is 1. The molecular weight excluding hydrogens is 312 g/mol. The number of carbonyl (C=O) groups is 1. The van der Waals surface area contributed by atoms with E-state index in [-0.39, 0.29) is 16.8 Å². The maximum absolute atomic E-state index is 12.5. The van der Waals surface area contributed by atoms with Crippen molar-refractivity contribution in [3.8, 4) is 0 Å². The Hall–Kier alpha value is -1.40. The Morgan fingerprint density at radius 1 is 1.17 bits per heavy atom. The van der Waals surface area contributed by atoms with Crippen LogP contribution in [0.25, 0.3) is 0 Å². The number of hydrogen-bond acceptors (Lipinski definition) is 3. The van der Waals surface area contributed by atoms with E-state index in [1.54, 1.807) is 12.1 Å². The van der Waals surface area contributed by atoms with Crippen molar-refractivity contribution in [3.63, 3.8) is 0 Å². The van der Waals surface area contributed by atoms with Crippen LogP contribution < -0.4 is 10.0 Å². The average Bonchev–Trinajstić information content (AvgIpc) is 3.09. The van der Waals surface area contributed by atoms with Crippen LogP contribution in [-0.4, -0.2) is 20.4 Å². The molecule has 2 saturated carbocycles. The molecule has 2 N–H and O–H groups in total. The highest BCUT2D eigenvalue weighted by Crippen LogP contribution is 2.49. The smallest absolute Gasteiger partial charge is 0.240 e. The molecule has 0 saturated heterocycles. The molecule has 2 fully saturated rings. The third kappa shape index (κ3) is 3.58. The number of anilines is 1. The maximum atomic E-state index is 12.5. The normalized spacial score (nSPS) is 27.8. The highest BCUT2D eigenvalue weighted by atomic mass is 32.2. The molecule has 4 atom stereocenters. The van der Waals surface area contributed by atoms with Crippen LogP contribution in [0.4, 0.5) is 5.69 Å². The van der Waals surface area contributed by atoms with Gasteiger partial charge in [-0.05, 0) is 68.2 Å². The Balaban J connectivity index is 1.67. The number of nitrogens with one attached hydrogen (secondary N) is 2. The quantitative estimate of drug-likeness (QED) is 0.868. The predicted molar refractivity (Wildman–Crippen MR) is 89.5 cm³/mol. The molecule has 2 aliphatic carbocycles. The van der Waals surface area contributed by atoms with E-state index in [0.29, 0.717) is 17.5 Å². The van der Waals surface area contributed by atoms with Gasteiger partial charge in [0.1, 0.15) is 0 Å². The first-order chi connectivity index (χ1) is 10.8. The molecule has 4 unspecified atom stereocenters. The first-order valence-electron chi connectivity index (χ1n) is 8.25. The largest absolute Gasteiger partial charge is 0.326 e. The van der Waals surface area contributed by atoms with Crippen LogP contribution in [0.5, 0.6) is 0 Å². The lowest BCUT2D eigenvalue weighted by Gasteiger charge is -2.28. The van der Waals surface area contributed by atoms with Gasteiger partial charge >= 0.3 is 0 Å². The minimum absolute atomic E-state index is 0.0367. The van der Waals surface area contributed by atoms with E-state index in [1.807, 2.05) is 6.92 Å². The van der Waals surface area contributed by atoms with Gasteiger partial charge in [0.25, 0.3) is 0 Å². The topological polar surface area (TPSA) is 75.3 Å². The summed E-state index contributed by atoms with van der Waals surface area (Å²) in [5.74, 6) is 1.76. The second kappa shape index (κ2) is 6.24. The van der Waals surface area contributed by atoms with Crippen molar-refractivity contribution < 1.29 is 13.2 Å². The zero-order valence-corrected chi connectivity index (χ0v) is 14.4. The molecule has 0 aliphatic heterocycles. The monoisotopic (exact) mass is 336 g/mol. The molecule has 0 heterocycles. The fraction of sp³-hybridized carbons (Fsp3) is 0.588. The molecule has 3 rings (SSSR count). The summed E-state index contributed by atoms with van der Waals surface area (Å²) in [7, 11) is -3.52. The Bertz CT molecular complexity index is 684. The summed E-state index contributed by atoms with van der Waals surface area (Å²) >= 11 is 0. The molecule has 2 bridgehead atoms. The Labute approximate surface area is 137 Å².